The number of benzene rings is 3. The number of ketones is 1. The molecule has 1 heterocycles. The Labute approximate surface area is 356 Å². The van der Waals surface area contributed by atoms with Gasteiger partial charge in [-0.15, -0.1) is 29.1 Å². The smallest absolute Gasteiger partial charge is 0.394 e. The van der Waals surface area contributed by atoms with Crippen LogP contribution in [0.5, 0.6) is 0 Å². The predicted molar refractivity (Wildman–Crippen MR) is 217 cm³/mol. The molecule has 55 heavy (non-hydrogen) atoms. The summed E-state index contributed by atoms with van der Waals surface area (Å²) in [6.45, 7) is -0.242. The van der Waals surface area contributed by atoms with Crippen molar-refractivity contribution in [1.82, 2.24) is 10.2 Å². The minimum atomic E-state index is -5.11. The van der Waals surface area contributed by atoms with Crippen LogP contribution in [0, 0.1) is 43.9 Å². The van der Waals surface area contributed by atoms with E-state index in [1.54, 1.807) is 0 Å². The monoisotopic (exact) mass is 945 g/mol. The number of aryl methyl sites for hydroxylation is 3. The van der Waals surface area contributed by atoms with Crippen molar-refractivity contribution in [3.05, 3.63) is 94.4 Å². The third-order valence-corrected chi connectivity index (χ3v) is 10.6. The second-order valence-corrected chi connectivity index (χ2v) is 14.7. The molecular weight excluding hydrogens is 874 g/mol. The normalized spacial score (nSPS) is 18.1. The first kappa shape index (κ1) is 31.7. The maximum atomic E-state index is 14.1. The number of hydrogen-bond acceptors (Lipinski definition) is 4. The Hall–Kier alpha value is -3.35. The summed E-state index contributed by atoms with van der Waals surface area (Å²) in [4.78, 5) is 11.7. The Morgan fingerprint density at radius 1 is 0.927 bits per heavy atom. The summed E-state index contributed by atoms with van der Waals surface area (Å²) >= 11 is 0. The minimum Gasteiger partial charge on any atom is -0.512 e. The zero-order valence-electron chi connectivity index (χ0n) is 43.5. The van der Waals surface area contributed by atoms with E-state index in [1.807, 2.05) is 58.0 Å². The predicted octanol–water partition coefficient (Wildman–Crippen LogP) is 13.7. The van der Waals surface area contributed by atoms with E-state index < -0.39 is 72.0 Å². The van der Waals surface area contributed by atoms with E-state index in [1.165, 1.54) is 12.1 Å². The summed E-state index contributed by atoms with van der Waals surface area (Å²) in [6, 6.07) is 15.4. The number of nitrogens with zero attached hydrogens (tertiary/aromatic N) is 2. The van der Waals surface area contributed by atoms with Crippen LogP contribution in [0.4, 0.5) is 13.2 Å². The van der Waals surface area contributed by atoms with Crippen LogP contribution in [-0.2, 0) is 31.3 Å². The summed E-state index contributed by atoms with van der Waals surface area (Å²) in [6.07, 6.45) is 1.62. The molecular formula is C47H60F3IrN2O2-. The van der Waals surface area contributed by atoms with Gasteiger partial charge in [-0.25, -0.2) is 0 Å². The molecule has 0 atom stereocenters. The van der Waals surface area contributed by atoms with Gasteiger partial charge < -0.3 is 5.11 Å². The van der Waals surface area contributed by atoms with E-state index in [2.05, 4.69) is 16.3 Å². The van der Waals surface area contributed by atoms with Crippen molar-refractivity contribution in [1.29, 1.82) is 0 Å². The van der Waals surface area contributed by atoms with Gasteiger partial charge in [0.15, 0.2) is 5.78 Å². The Balaban J connectivity index is 0.000000620. The molecule has 0 unspecified atom stereocenters. The Kier molecular flexibility index (Phi) is 11.6. The fourth-order valence-electron chi connectivity index (χ4n) is 7.08. The molecule has 1 radical (unpaired) electrons. The topological polar surface area (TPSA) is 63.1 Å². The number of aliphatic hydroxyl groups excluding tert-OH is 1. The first-order chi connectivity index (χ1) is 30.0. The molecule has 0 saturated heterocycles. The third kappa shape index (κ3) is 11.4. The first-order valence-corrected chi connectivity index (χ1v) is 19.0. The first-order valence-electron chi connectivity index (χ1n) is 24.5. The van der Waals surface area contributed by atoms with Crippen LogP contribution >= 0.6 is 0 Å². The Morgan fingerprint density at radius 2 is 1.55 bits per heavy atom. The molecule has 3 aromatic carbocycles. The van der Waals surface area contributed by atoms with Gasteiger partial charge in [-0.3, -0.25) is 4.79 Å². The number of carbonyl (C=O) groups excluding carboxylic acids is 1. The van der Waals surface area contributed by atoms with Gasteiger partial charge in [0.1, 0.15) is 0 Å². The van der Waals surface area contributed by atoms with E-state index >= 15 is 0 Å². The molecule has 0 aliphatic heterocycles. The quantitative estimate of drug-likeness (QED) is 0.0873. The van der Waals surface area contributed by atoms with Gasteiger partial charge in [-0.2, -0.15) is 23.4 Å². The molecule has 1 fully saturated rings. The summed E-state index contributed by atoms with van der Waals surface area (Å²) in [7, 11) is 0. The number of alkyl halides is 3. The number of halogens is 3. The van der Waals surface area contributed by atoms with E-state index in [4.69, 9.17) is 15.1 Å². The summed E-state index contributed by atoms with van der Waals surface area (Å²) in [5.74, 6) is 0.773. The van der Waals surface area contributed by atoms with E-state index in [9.17, 15) is 23.1 Å². The Morgan fingerprint density at radius 3 is 2.11 bits per heavy atom. The molecule has 4 aromatic rings. The van der Waals surface area contributed by atoms with Gasteiger partial charge in [0.05, 0.1) is 16.9 Å². The molecule has 0 amide bonds. The summed E-state index contributed by atoms with van der Waals surface area (Å²) in [5.41, 5.74) is -5.84. The van der Waals surface area contributed by atoms with E-state index in [-0.39, 0.29) is 55.1 Å². The number of carbonyl (C=O) groups is 1. The fraction of sp³-hybridized carbons (Fsp3) is 0.511. The van der Waals surface area contributed by atoms with Gasteiger partial charge in [-0.05, 0) is 93.6 Å². The Bertz CT molecular complexity index is 2290. The maximum Gasteiger partial charge on any atom is 0.394 e. The van der Waals surface area contributed by atoms with Crippen molar-refractivity contribution in [2.24, 2.45) is 17.3 Å². The molecule has 0 bridgehead atoms. The van der Waals surface area contributed by atoms with Crippen molar-refractivity contribution in [2.45, 2.75) is 138 Å². The zero-order chi connectivity index (χ0) is 49.1. The number of fused-ring (bicyclic) bond motifs is 1. The number of aliphatic hydroxyl groups is 1. The van der Waals surface area contributed by atoms with Gasteiger partial charge >= 0.3 is 6.18 Å². The molecule has 8 heteroatoms. The van der Waals surface area contributed by atoms with Crippen LogP contribution in [0.2, 0.25) is 0 Å². The van der Waals surface area contributed by atoms with E-state index in [0.717, 1.165) is 74.1 Å². The molecule has 1 aliphatic carbocycles. The van der Waals surface area contributed by atoms with Crippen LogP contribution in [0.3, 0.4) is 0 Å². The molecule has 1 aromatic heterocycles. The average molecular weight is 945 g/mol. The standard InChI is InChI=1S/C34H36F3N2.C13H24O2.Ir/c1-21-15-24(20-33(4,5)34(35,36)37)16-22(2)32(21)29-19-31(39-38-23(29)3)27-17-26-13-9-10-14-28(26)30(18-27)25-11-7-6-8-12-25;1-5-10(6-2)12(14)9-13(15)11(7-3)8-4;/h9-10,13-16,18-19,25H,6-8,11-12,20H2,1-5H3;9-11,14H,5-8H2,1-4H3;/q-1;;/b;12-9-;/i1D3,2D3,3D3,20D2;;. The zero-order valence-corrected chi connectivity index (χ0v) is 34.9. The van der Waals surface area contributed by atoms with Crippen LogP contribution < -0.4 is 0 Å². The second kappa shape index (κ2) is 20.2. The molecule has 5 rings (SSSR count). The molecule has 301 valence electrons. The average Bonchev–Trinajstić information content (AvgIpc) is 3.22. The number of hydrogen-bond donors (Lipinski definition) is 1. The number of rotatable bonds is 12. The third-order valence-electron chi connectivity index (χ3n) is 10.6. The van der Waals surface area contributed by atoms with Crippen LogP contribution in [-0.4, -0.2) is 27.3 Å². The summed E-state index contributed by atoms with van der Waals surface area (Å²) in [5, 5.41) is 19.7. The number of aromatic nitrogens is 2. The SMILES string of the molecule is CCC(CC)C(=O)/C=C(\O)C(CC)CC.[2H]C([2H])([2H])c1cc(C([2H])([2H])C(C)(C)C(F)(F)F)cc(C([2H])([2H])[2H])c1-c1cc(-c2[c-]c3ccccc3c(C3CCCCC3)c2)nnc1C([2H])([2H])[2H].[Ir]. The molecule has 1 saturated carbocycles. The molecule has 1 N–H and O–H groups in total. The van der Waals surface area contributed by atoms with Gasteiger partial charge in [0.2, 0.25) is 0 Å². The van der Waals surface area contributed by atoms with E-state index in [0.29, 0.717) is 31.5 Å². The van der Waals surface area contributed by atoms with Crippen molar-refractivity contribution < 1.29 is 58.3 Å². The van der Waals surface area contributed by atoms with Gasteiger partial charge in [0.25, 0.3) is 0 Å². The van der Waals surface area contributed by atoms with Crippen molar-refractivity contribution in [3.8, 4) is 22.4 Å². The molecule has 1 aliphatic rings. The number of allylic oxidation sites excluding steroid dienone is 2. The maximum absolute atomic E-state index is 14.1. The van der Waals surface area contributed by atoms with Crippen molar-refractivity contribution in [2.75, 3.05) is 0 Å². The van der Waals surface area contributed by atoms with Crippen LogP contribution in [0.1, 0.15) is 148 Å². The molecule has 4 nitrogen and oxygen atoms in total. The molecule has 0 spiro atoms. The minimum absolute atomic E-state index is 0. The van der Waals surface area contributed by atoms with Gasteiger partial charge in [-0.1, -0.05) is 108 Å². The van der Waals surface area contributed by atoms with Crippen molar-refractivity contribution >= 4 is 16.6 Å². The van der Waals surface area contributed by atoms with Crippen molar-refractivity contribution in [3.63, 3.8) is 0 Å². The second-order valence-electron chi connectivity index (χ2n) is 14.7. The summed E-state index contributed by atoms with van der Waals surface area (Å²) < 4.78 is 134. The fourth-order valence-corrected chi connectivity index (χ4v) is 7.08. The van der Waals surface area contributed by atoms with Crippen LogP contribution in [0.25, 0.3) is 33.2 Å². The largest absolute Gasteiger partial charge is 0.512 e. The van der Waals surface area contributed by atoms with Gasteiger partial charge in [0, 0.05) is 64.4 Å². The van der Waals surface area contributed by atoms with Crippen LogP contribution in [0.15, 0.2) is 60.4 Å².